The zero-order valence-corrected chi connectivity index (χ0v) is 12.7. The summed E-state index contributed by atoms with van der Waals surface area (Å²) in [5.74, 6) is -1.50. The lowest BCUT2D eigenvalue weighted by Crippen LogP contribution is -2.40. The average molecular weight is 322 g/mol. The molecule has 1 amide bonds. The zero-order chi connectivity index (χ0) is 17.0. The van der Waals surface area contributed by atoms with Gasteiger partial charge in [0.25, 0.3) is 5.91 Å². The highest BCUT2D eigenvalue weighted by molar-refractivity contribution is 5.95. The highest BCUT2D eigenvalue weighted by Crippen LogP contribution is 2.29. The molecule has 124 valence electrons. The van der Waals surface area contributed by atoms with E-state index in [9.17, 15) is 19.7 Å². The Morgan fingerprint density at radius 3 is 2.57 bits per heavy atom. The minimum atomic E-state index is -0.853. The molecule has 1 fully saturated rings. The minimum absolute atomic E-state index is 0.124. The van der Waals surface area contributed by atoms with Crippen molar-refractivity contribution >= 4 is 17.6 Å². The van der Waals surface area contributed by atoms with Gasteiger partial charge in [-0.15, -0.1) is 0 Å². The Kier molecular flexibility index (Phi) is 5.15. The molecule has 0 aliphatic carbocycles. The van der Waals surface area contributed by atoms with Crippen LogP contribution in [-0.4, -0.2) is 46.5 Å². The summed E-state index contributed by atoms with van der Waals surface area (Å²) >= 11 is 0. The maximum atomic E-state index is 12.4. The predicted octanol–water partition coefficient (Wildman–Crippen LogP) is 1.93. The molecule has 23 heavy (non-hydrogen) atoms. The largest absolute Gasteiger partial charge is 0.487 e. The number of nitro groups is 1. The molecule has 0 spiro atoms. The third kappa shape index (κ3) is 3.77. The van der Waals surface area contributed by atoms with Crippen LogP contribution in [0, 0.1) is 16.0 Å². The number of nitro benzene ring substituents is 1. The maximum Gasteiger partial charge on any atom is 0.311 e. The van der Waals surface area contributed by atoms with E-state index >= 15 is 0 Å². The van der Waals surface area contributed by atoms with E-state index in [1.54, 1.807) is 6.92 Å². The molecule has 1 aliphatic rings. The maximum absolute atomic E-state index is 12.4. The van der Waals surface area contributed by atoms with Gasteiger partial charge in [0.05, 0.1) is 17.4 Å². The first-order valence-electron chi connectivity index (χ1n) is 7.37. The second-order valence-electron chi connectivity index (χ2n) is 5.28. The molecular formula is C15H18N2O6. The zero-order valence-electron chi connectivity index (χ0n) is 12.7. The number of likely N-dealkylation sites (tertiary alicyclic amines) is 1. The number of rotatable bonds is 5. The molecule has 0 aromatic heterocycles. The molecule has 0 unspecified atom stereocenters. The summed E-state index contributed by atoms with van der Waals surface area (Å²) in [5, 5.41) is 20.1. The Labute approximate surface area is 132 Å². The van der Waals surface area contributed by atoms with Gasteiger partial charge in [-0.1, -0.05) is 0 Å². The van der Waals surface area contributed by atoms with E-state index in [4.69, 9.17) is 9.84 Å². The molecule has 1 aromatic rings. The van der Waals surface area contributed by atoms with Crippen molar-refractivity contribution < 1.29 is 24.4 Å². The molecule has 1 N–H and O–H groups in total. The molecule has 2 rings (SSSR count). The molecular weight excluding hydrogens is 304 g/mol. The number of amides is 1. The van der Waals surface area contributed by atoms with Gasteiger partial charge < -0.3 is 14.7 Å². The van der Waals surface area contributed by atoms with E-state index in [0.717, 1.165) is 0 Å². The van der Waals surface area contributed by atoms with Crippen molar-refractivity contribution in [2.24, 2.45) is 5.92 Å². The van der Waals surface area contributed by atoms with Crippen molar-refractivity contribution in [2.45, 2.75) is 19.8 Å². The Bertz CT molecular complexity index is 622. The third-order valence-corrected chi connectivity index (χ3v) is 3.83. The van der Waals surface area contributed by atoms with Crippen molar-refractivity contribution in [2.75, 3.05) is 19.7 Å². The number of aliphatic carboxylic acids is 1. The molecule has 0 saturated carbocycles. The predicted molar refractivity (Wildman–Crippen MR) is 80.5 cm³/mol. The van der Waals surface area contributed by atoms with Crippen LogP contribution in [0.2, 0.25) is 0 Å². The molecule has 1 aromatic carbocycles. The Morgan fingerprint density at radius 1 is 1.39 bits per heavy atom. The van der Waals surface area contributed by atoms with Crippen LogP contribution in [0.5, 0.6) is 5.75 Å². The van der Waals surface area contributed by atoms with Gasteiger partial charge in [0.2, 0.25) is 0 Å². The molecule has 0 atom stereocenters. The van der Waals surface area contributed by atoms with Gasteiger partial charge >= 0.3 is 11.7 Å². The molecule has 1 aliphatic heterocycles. The number of ether oxygens (including phenoxy) is 1. The first-order chi connectivity index (χ1) is 10.9. The van der Waals surface area contributed by atoms with Crippen LogP contribution in [0.1, 0.15) is 30.1 Å². The Morgan fingerprint density at radius 2 is 2.04 bits per heavy atom. The number of carbonyl (C=O) groups is 2. The van der Waals surface area contributed by atoms with Crippen LogP contribution in [0.4, 0.5) is 5.69 Å². The highest BCUT2D eigenvalue weighted by atomic mass is 16.6. The number of nitrogens with zero attached hydrogens (tertiary/aromatic N) is 2. The van der Waals surface area contributed by atoms with E-state index in [1.807, 2.05) is 0 Å². The number of carboxylic acids is 1. The lowest BCUT2D eigenvalue weighted by atomic mass is 9.96. The van der Waals surface area contributed by atoms with Gasteiger partial charge in [-0.3, -0.25) is 19.7 Å². The van der Waals surface area contributed by atoms with Crippen LogP contribution in [0.3, 0.4) is 0 Å². The van der Waals surface area contributed by atoms with Gasteiger partial charge in [-0.2, -0.15) is 0 Å². The van der Waals surface area contributed by atoms with E-state index in [1.165, 1.54) is 23.1 Å². The SMILES string of the molecule is CCOc1ccc(C(=O)N2CCC(C(=O)O)CC2)cc1[N+](=O)[O-]. The van der Waals surface area contributed by atoms with Gasteiger partial charge in [0.15, 0.2) is 5.75 Å². The van der Waals surface area contributed by atoms with E-state index in [0.29, 0.717) is 25.9 Å². The number of piperidine rings is 1. The lowest BCUT2D eigenvalue weighted by molar-refractivity contribution is -0.385. The summed E-state index contributed by atoms with van der Waals surface area (Å²) in [6, 6.07) is 4.11. The molecule has 0 radical (unpaired) electrons. The lowest BCUT2D eigenvalue weighted by Gasteiger charge is -2.30. The van der Waals surface area contributed by atoms with E-state index in [2.05, 4.69) is 0 Å². The summed E-state index contributed by atoms with van der Waals surface area (Å²) < 4.78 is 5.19. The number of benzene rings is 1. The number of carboxylic acid groups (broad SMARTS) is 1. The second kappa shape index (κ2) is 7.08. The monoisotopic (exact) mass is 322 g/mol. The molecule has 1 heterocycles. The van der Waals surface area contributed by atoms with Crippen LogP contribution >= 0.6 is 0 Å². The van der Waals surface area contributed by atoms with Gasteiger partial charge in [0.1, 0.15) is 0 Å². The fourth-order valence-electron chi connectivity index (χ4n) is 2.58. The Hall–Kier alpha value is -2.64. The summed E-state index contributed by atoms with van der Waals surface area (Å²) in [6.45, 7) is 2.67. The fourth-order valence-corrected chi connectivity index (χ4v) is 2.58. The molecule has 8 nitrogen and oxygen atoms in total. The summed E-state index contributed by atoms with van der Waals surface area (Å²) in [4.78, 5) is 35.4. The quantitative estimate of drug-likeness (QED) is 0.655. The number of hydrogen-bond acceptors (Lipinski definition) is 5. The van der Waals surface area contributed by atoms with E-state index in [-0.39, 0.29) is 29.5 Å². The standard InChI is InChI=1S/C15H18N2O6/c1-2-23-13-4-3-11(9-12(13)17(21)22)14(18)16-7-5-10(6-8-16)15(19)20/h3-4,9-10H,2,5-8H2,1H3,(H,19,20). The summed E-state index contributed by atoms with van der Waals surface area (Å²) in [6.07, 6.45) is 0.778. The number of hydrogen-bond donors (Lipinski definition) is 1. The first-order valence-corrected chi connectivity index (χ1v) is 7.37. The second-order valence-corrected chi connectivity index (χ2v) is 5.28. The van der Waals surface area contributed by atoms with Crippen LogP contribution in [0.25, 0.3) is 0 Å². The van der Waals surface area contributed by atoms with Crippen molar-refractivity contribution in [3.8, 4) is 5.75 Å². The van der Waals surface area contributed by atoms with Gasteiger partial charge in [-0.25, -0.2) is 0 Å². The van der Waals surface area contributed by atoms with Crippen molar-refractivity contribution in [3.05, 3.63) is 33.9 Å². The normalized spacial score (nSPS) is 15.3. The van der Waals surface area contributed by atoms with E-state index < -0.39 is 16.8 Å². The minimum Gasteiger partial charge on any atom is -0.487 e. The van der Waals surface area contributed by atoms with Crippen LogP contribution in [0.15, 0.2) is 18.2 Å². The summed E-state index contributed by atoms with van der Waals surface area (Å²) in [7, 11) is 0. The molecule has 8 heteroatoms. The smallest absolute Gasteiger partial charge is 0.311 e. The van der Waals surface area contributed by atoms with Crippen LogP contribution < -0.4 is 4.74 Å². The molecule has 1 saturated heterocycles. The molecule has 0 bridgehead atoms. The van der Waals surface area contributed by atoms with Crippen molar-refractivity contribution in [3.63, 3.8) is 0 Å². The van der Waals surface area contributed by atoms with Crippen molar-refractivity contribution in [1.29, 1.82) is 0 Å². The number of carbonyl (C=O) groups excluding carboxylic acids is 1. The Balaban J connectivity index is 2.15. The first kappa shape index (κ1) is 16.7. The van der Waals surface area contributed by atoms with Crippen molar-refractivity contribution in [1.82, 2.24) is 4.90 Å². The van der Waals surface area contributed by atoms with Crippen LogP contribution in [-0.2, 0) is 4.79 Å². The van der Waals surface area contributed by atoms with Gasteiger partial charge in [-0.05, 0) is 31.9 Å². The fraction of sp³-hybridized carbons (Fsp3) is 0.467. The van der Waals surface area contributed by atoms with Gasteiger partial charge in [0, 0.05) is 24.7 Å². The topological polar surface area (TPSA) is 110 Å². The third-order valence-electron chi connectivity index (χ3n) is 3.83. The average Bonchev–Trinajstić information content (AvgIpc) is 2.54. The summed E-state index contributed by atoms with van der Waals surface area (Å²) in [5.41, 5.74) is -0.0490. The highest BCUT2D eigenvalue weighted by Gasteiger charge is 2.28.